The first-order valence-electron chi connectivity index (χ1n) is 10.8. The fraction of sp³-hybridized carbons (Fsp3) is 0.200. The summed E-state index contributed by atoms with van der Waals surface area (Å²) in [7, 11) is 6.16. The van der Waals surface area contributed by atoms with Gasteiger partial charge in [0.15, 0.2) is 19.5 Å². The summed E-state index contributed by atoms with van der Waals surface area (Å²) < 4.78 is 38.8. The van der Waals surface area contributed by atoms with Crippen molar-refractivity contribution in [3.05, 3.63) is 83.3 Å². The molecule has 2 aromatic carbocycles. The molecule has 3 heterocycles. The van der Waals surface area contributed by atoms with Gasteiger partial charge >= 0.3 is 0 Å². The van der Waals surface area contributed by atoms with Crippen LogP contribution < -0.4 is 9.47 Å². The van der Waals surface area contributed by atoms with E-state index < -0.39 is 11.6 Å². The molecule has 0 saturated heterocycles. The summed E-state index contributed by atoms with van der Waals surface area (Å²) in [5.74, 6) is 0.775. The lowest BCUT2D eigenvalue weighted by molar-refractivity contribution is 0.174. The number of fused-ring (bicyclic) bond motifs is 1. The fourth-order valence-corrected chi connectivity index (χ4v) is 3.92. The number of pyridine rings is 1. The van der Waals surface area contributed by atoms with E-state index in [-0.39, 0.29) is 31.9 Å². The molecule has 170 valence electrons. The number of hydrogen-bond donors (Lipinski definition) is 1. The van der Waals surface area contributed by atoms with Crippen LogP contribution in [0.3, 0.4) is 0 Å². The quantitative estimate of drug-likeness (QED) is 0.411. The van der Waals surface area contributed by atoms with Gasteiger partial charge in [0.1, 0.15) is 17.5 Å². The highest BCUT2D eigenvalue weighted by Gasteiger charge is 2.20. The number of H-pyrrole nitrogens is 1. The molecule has 2 radical (unpaired) electrons. The Balaban J connectivity index is 1.42. The van der Waals surface area contributed by atoms with Crippen LogP contribution in [-0.2, 0) is 13.0 Å². The molecule has 5 rings (SSSR count). The van der Waals surface area contributed by atoms with Gasteiger partial charge in [-0.15, -0.1) is 0 Å². The Kier molecular flexibility index (Phi) is 6.02. The van der Waals surface area contributed by atoms with Crippen molar-refractivity contribution in [3.63, 3.8) is 0 Å². The van der Waals surface area contributed by atoms with Crippen LogP contribution in [0.2, 0.25) is 0 Å². The lowest BCUT2D eigenvalue weighted by Gasteiger charge is -2.16. The number of hydrogen-bond acceptors (Lipinski definition) is 5. The molecule has 0 unspecified atom stereocenters. The van der Waals surface area contributed by atoms with E-state index in [4.69, 9.17) is 22.4 Å². The lowest BCUT2D eigenvalue weighted by atomic mass is 10.1. The number of rotatable bonds is 7. The van der Waals surface area contributed by atoms with E-state index in [9.17, 15) is 8.78 Å². The maximum atomic E-state index is 13.9. The Morgan fingerprint density at radius 3 is 2.56 bits per heavy atom. The van der Waals surface area contributed by atoms with Crippen molar-refractivity contribution >= 4 is 7.98 Å². The third-order valence-corrected chi connectivity index (χ3v) is 5.61. The van der Waals surface area contributed by atoms with Crippen molar-refractivity contribution in [3.8, 4) is 34.1 Å². The second-order valence-electron chi connectivity index (χ2n) is 8.06. The highest BCUT2D eigenvalue weighted by molar-refractivity contribution is 6.04. The number of halogens is 2. The van der Waals surface area contributed by atoms with Gasteiger partial charge in [0, 0.05) is 23.4 Å². The molecule has 0 atom stereocenters. The lowest BCUT2D eigenvalue weighted by Crippen LogP contribution is -2.23. The summed E-state index contributed by atoms with van der Waals surface area (Å²) in [6, 6.07) is 15.2. The van der Waals surface area contributed by atoms with Gasteiger partial charge in [0.2, 0.25) is 6.79 Å². The van der Waals surface area contributed by atoms with E-state index >= 15 is 0 Å². The number of nitrogens with zero attached hydrogens (tertiary/aromatic N) is 3. The van der Waals surface area contributed by atoms with Crippen LogP contribution in [0.1, 0.15) is 17.1 Å². The first-order valence-corrected chi connectivity index (χ1v) is 10.8. The third kappa shape index (κ3) is 4.52. The van der Waals surface area contributed by atoms with Crippen molar-refractivity contribution in [1.29, 1.82) is 0 Å². The number of aryl methyl sites for hydroxylation is 1. The second-order valence-corrected chi connectivity index (χ2v) is 8.06. The standard InChI is InChI=1S/C25H21BF2N4O2/c1-15-4-2-7-20(29-15)25-24(16-8-9-21-22(12-16)34-14-33-21)30-23(31-25)13-32(26)11-10-17-18(27)5-3-6-19(17)28/h2-9,12H,10-11,13-14H2,1H3,(H,30,31). The summed E-state index contributed by atoms with van der Waals surface area (Å²) in [6.45, 7) is 2.60. The maximum Gasteiger partial charge on any atom is 0.231 e. The predicted octanol–water partition coefficient (Wildman–Crippen LogP) is 4.58. The van der Waals surface area contributed by atoms with Gasteiger partial charge in [0.25, 0.3) is 0 Å². The monoisotopic (exact) mass is 458 g/mol. The largest absolute Gasteiger partial charge is 0.454 e. The molecule has 4 aromatic rings. The molecule has 1 N–H and O–H groups in total. The summed E-state index contributed by atoms with van der Waals surface area (Å²) >= 11 is 0. The molecule has 0 saturated carbocycles. The number of imidazole rings is 1. The number of aromatic nitrogens is 3. The average Bonchev–Trinajstić information content (AvgIpc) is 3.45. The normalized spacial score (nSPS) is 12.5. The summed E-state index contributed by atoms with van der Waals surface area (Å²) in [6.07, 6.45) is 0.136. The van der Waals surface area contributed by atoms with E-state index in [0.717, 1.165) is 22.6 Å². The summed E-state index contributed by atoms with van der Waals surface area (Å²) in [5, 5.41) is 0. The smallest absolute Gasteiger partial charge is 0.231 e. The maximum absolute atomic E-state index is 13.9. The van der Waals surface area contributed by atoms with Gasteiger partial charge in [0.05, 0.1) is 17.1 Å². The molecule has 1 aliphatic rings. The topological polar surface area (TPSA) is 63.3 Å². The van der Waals surface area contributed by atoms with Gasteiger partial charge in [-0.1, -0.05) is 12.1 Å². The van der Waals surface area contributed by atoms with Gasteiger partial charge in [-0.25, -0.2) is 13.8 Å². The van der Waals surface area contributed by atoms with Crippen LogP contribution in [0.4, 0.5) is 8.78 Å². The van der Waals surface area contributed by atoms with Crippen molar-refractivity contribution in [2.45, 2.75) is 19.9 Å². The van der Waals surface area contributed by atoms with Crippen molar-refractivity contribution in [1.82, 2.24) is 19.8 Å². The number of benzene rings is 2. The van der Waals surface area contributed by atoms with Crippen LogP contribution in [0.25, 0.3) is 22.6 Å². The number of ether oxygens (including phenoxy) is 2. The Labute approximate surface area is 197 Å². The zero-order chi connectivity index (χ0) is 23.7. The first-order chi connectivity index (χ1) is 16.5. The molecular weight excluding hydrogens is 437 g/mol. The molecule has 0 aliphatic carbocycles. The van der Waals surface area contributed by atoms with E-state index in [1.54, 1.807) is 0 Å². The molecule has 0 amide bonds. The highest BCUT2D eigenvalue weighted by atomic mass is 19.1. The van der Waals surface area contributed by atoms with Gasteiger partial charge in [-0.2, -0.15) is 0 Å². The molecule has 34 heavy (non-hydrogen) atoms. The van der Waals surface area contributed by atoms with Crippen LogP contribution in [0.5, 0.6) is 11.5 Å². The van der Waals surface area contributed by atoms with Gasteiger partial charge in [-0.05, 0) is 62.4 Å². The minimum atomic E-state index is -0.579. The minimum absolute atomic E-state index is 0.0168. The van der Waals surface area contributed by atoms with Gasteiger partial charge in [-0.3, -0.25) is 4.98 Å². The Hall–Kier alpha value is -3.72. The molecule has 0 bridgehead atoms. The SMILES string of the molecule is [B]N(CCc1c(F)cccc1F)Cc1nc(-c2ccc3c(c2)OCO3)c(-c2cccc(C)n2)[nH]1. The van der Waals surface area contributed by atoms with Crippen LogP contribution >= 0.6 is 0 Å². The van der Waals surface area contributed by atoms with Crippen LogP contribution in [0, 0.1) is 18.6 Å². The number of aromatic amines is 1. The fourth-order valence-electron chi connectivity index (χ4n) is 3.92. The molecule has 2 aromatic heterocycles. The molecule has 0 fully saturated rings. The Bertz CT molecular complexity index is 1320. The van der Waals surface area contributed by atoms with Crippen molar-refractivity contribution in [2.24, 2.45) is 0 Å². The summed E-state index contributed by atoms with van der Waals surface area (Å²) in [5.41, 5.74) is 3.90. The van der Waals surface area contributed by atoms with E-state index in [1.165, 1.54) is 23.0 Å². The minimum Gasteiger partial charge on any atom is -0.454 e. The van der Waals surface area contributed by atoms with E-state index in [0.29, 0.717) is 23.0 Å². The number of nitrogens with one attached hydrogen (secondary N) is 1. The molecule has 1 aliphatic heterocycles. The Morgan fingerprint density at radius 2 is 1.76 bits per heavy atom. The second kappa shape index (κ2) is 9.27. The highest BCUT2D eigenvalue weighted by Crippen LogP contribution is 2.38. The van der Waals surface area contributed by atoms with E-state index in [1.807, 2.05) is 43.3 Å². The summed E-state index contributed by atoms with van der Waals surface area (Å²) in [4.78, 5) is 14.2. The van der Waals surface area contributed by atoms with Crippen molar-refractivity contribution in [2.75, 3.05) is 13.3 Å². The van der Waals surface area contributed by atoms with Gasteiger partial charge < -0.3 is 19.3 Å². The van der Waals surface area contributed by atoms with Crippen LogP contribution in [-0.4, -0.2) is 41.1 Å². The zero-order valence-electron chi connectivity index (χ0n) is 18.5. The first kappa shape index (κ1) is 22.1. The molecule has 9 heteroatoms. The molecule has 6 nitrogen and oxygen atoms in total. The van der Waals surface area contributed by atoms with E-state index in [2.05, 4.69) is 9.97 Å². The average molecular weight is 458 g/mol. The van der Waals surface area contributed by atoms with Crippen LogP contribution in [0.15, 0.2) is 54.6 Å². The predicted molar refractivity (Wildman–Crippen MR) is 124 cm³/mol. The van der Waals surface area contributed by atoms with Crippen molar-refractivity contribution < 1.29 is 18.3 Å². The third-order valence-electron chi connectivity index (χ3n) is 5.61. The Morgan fingerprint density at radius 1 is 1.00 bits per heavy atom. The molecular formula is C25H21BF2N4O2. The zero-order valence-corrected chi connectivity index (χ0v) is 18.5. The molecule has 0 spiro atoms.